The summed E-state index contributed by atoms with van der Waals surface area (Å²) in [6.07, 6.45) is 0.703. The molecule has 1 unspecified atom stereocenters. The third kappa shape index (κ3) is 7.15. The van der Waals surface area contributed by atoms with Gasteiger partial charge in [0.25, 0.3) is 0 Å². The van der Waals surface area contributed by atoms with Crippen molar-refractivity contribution in [1.29, 1.82) is 0 Å². The Labute approximate surface area is 221 Å². The molecule has 1 aliphatic heterocycles. The molecule has 1 aromatic heterocycles. The van der Waals surface area contributed by atoms with Crippen LogP contribution in [0.4, 0.5) is 0 Å². The number of carbonyl (C=O) groups is 4. The van der Waals surface area contributed by atoms with Crippen LogP contribution < -0.4 is 10.6 Å². The van der Waals surface area contributed by atoms with Gasteiger partial charge in [0.2, 0.25) is 17.7 Å². The Morgan fingerprint density at radius 1 is 1.14 bits per heavy atom. The average molecular weight is 529 g/mol. The molecule has 37 heavy (non-hydrogen) atoms. The summed E-state index contributed by atoms with van der Waals surface area (Å²) in [7, 11) is 0. The van der Waals surface area contributed by atoms with Crippen LogP contribution >= 0.6 is 11.3 Å². The maximum atomic E-state index is 13.5. The summed E-state index contributed by atoms with van der Waals surface area (Å²) in [6, 6.07) is 6.25. The largest absolute Gasteiger partial charge is 0.481 e. The predicted molar refractivity (Wildman–Crippen MR) is 142 cm³/mol. The smallest absolute Gasteiger partial charge is 0.303 e. The Bertz CT molecular complexity index is 1140. The second-order valence-corrected chi connectivity index (χ2v) is 11.4. The Kier molecular flexibility index (Phi) is 9.07. The van der Waals surface area contributed by atoms with E-state index in [2.05, 4.69) is 15.6 Å². The van der Waals surface area contributed by atoms with Gasteiger partial charge in [-0.3, -0.25) is 19.2 Å². The number of aliphatic carboxylic acids is 1. The fraction of sp³-hybridized carbons (Fsp3) is 0.519. The van der Waals surface area contributed by atoms with E-state index in [0.29, 0.717) is 19.4 Å². The molecule has 3 N–H and O–H groups in total. The van der Waals surface area contributed by atoms with Crippen molar-refractivity contribution in [2.45, 2.75) is 78.4 Å². The number of hydrogen-bond donors (Lipinski definition) is 3. The van der Waals surface area contributed by atoms with E-state index in [-0.39, 0.29) is 30.7 Å². The molecule has 0 aliphatic carbocycles. The van der Waals surface area contributed by atoms with E-state index < -0.39 is 29.4 Å². The number of aromatic nitrogens is 1. The van der Waals surface area contributed by atoms with E-state index in [1.54, 1.807) is 16.2 Å². The zero-order chi connectivity index (χ0) is 27.3. The molecule has 3 amide bonds. The van der Waals surface area contributed by atoms with E-state index in [1.807, 2.05) is 64.4 Å². The maximum Gasteiger partial charge on any atom is 0.303 e. The normalized spacial score (nSPS) is 17.2. The van der Waals surface area contributed by atoms with Gasteiger partial charge in [0, 0.05) is 13.0 Å². The second kappa shape index (κ2) is 11.9. The summed E-state index contributed by atoms with van der Waals surface area (Å²) >= 11 is 1.59. The number of hydrogen-bond acceptors (Lipinski definition) is 6. The highest BCUT2D eigenvalue weighted by atomic mass is 32.1. The Morgan fingerprint density at radius 2 is 1.81 bits per heavy atom. The fourth-order valence-electron chi connectivity index (χ4n) is 4.47. The lowest BCUT2D eigenvalue weighted by Gasteiger charge is -2.35. The van der Waals surface area contributed by atoms with Crippen LogP contribution in [-0.2, 0) is 19.2 Å². The van der Waals surface area contributed by atoms with Crippen LogP contribution in [0.15, 0.2) is 29.8 Å². The van der Waals surface area contributed by atoms with E-state index in [4.69, 9.17) is 5.11 Å². The third-order valence-electron chi connectivity index (χ3n) is 6.60. The number of nitrogens with one attached hydrogen (secondary N) is 2. The molecule has 0 radical (unpaired) electrons. The van der Waals surface area contributed by atoms with E-state index in [1.165, 1.54) is 0 Å². The molecular weight excluding hydrogens is 492 g/mol. The molecule has 9 nitrogen and oxygen atoms in total. The van der Waals surface area contributed by atoms with Gasteiger partial charge in [0.1, 0.15) is 12.1 Å². The Hall–Kier alpha value is -3.27. The number of likely N-dealkylation sites (tertiary alicyclic amines) is 1. The summed E-state index contributed by atoms with van der Waals surface area (Å²) < 4.78 is 0. The van der Waals surface area contributed by atoms with Crippen molar-refractivity contribution in [3.05, 3.63) is 41.0 Å². The van der Waals surface area contributed by atoms with E-state index >= 15 is 0 Å². The molecule has 2 aromatic rings. The first-order valence-electron chi connectivity index (χ1n) is 12.5. The first kappa shape index (κ1) is 28.3. The van der Waals surface area contributed by atoms with Crippen molar-refractivity contribution in [2.75, 3.05) is 6.54 Å². The van der Waals surface area contributed by atoms with Crippen molar-refractivity contribution in [2.24, 2.45) is 5.41 Å². The highest BCUT2D eigenvalue weighted by molar-refractivity contribution is 7.13. The maximum absolute atomic E-state index is 13.5. The first-order valence-corrected chi connectivity index (χ1v) is 13.4. The van der Waals surface area contributed by atoms with Crippen LogP contribution in [0.3, 0.4) is 0 Å². The number of benzene rings is 1. The topological polar surface area (TPSA) is 129 Å². The van der Waals surface area contributed by atoms with Gasteiger partial charge in [0.05, 0.1) is 28.5 Å². The summed E-state index contributed by atoms with van der Waals surface area (Å²) in [6.45, 7) is 9.80. The van der Waals surface area contributed by atoms with E-state index in [0.717, 1.165) is 21.7 Å². The highest BCUT2D eigenvalue weighted by Gasteiger charge is 2.42. The monoisotopic (exact) mass is 528 g/mol. The third-order valence-corrected chi connectivity index (χ3v) is 7.58. The Morgan fingerprint density at radius 3 is 2.38 bits per heavy atom. The fourth-order valence-corrected chi connectivity index (χ4v) is 5.28. The lowest BCUT2D eigenvalue weighted by molar-refractivity contribution is -0.144. The van der Waals surface area contributed by atoms with Crippen molar-refractivity contribution >= 4 is 35.0 Å². The highest BCUT2D eigenvalue weighted by Crippen LogP contribution is 2.29. The molecule has 200 valence electrons. The van der Waals surface area contributed by atoms with Gasteiger partial charge in [-0.15, -0.1) is 11.3 Å². The molecule has 1 aliphatic rings. The van der Waals surface area contributed by atoms with Crippen molar-refractivity contribution in [1.82, 2.24) is 20.5 Å². The first-order chi connectivity index (χ1) is 17.4. The van der Waals surface area contributed by atoms with Gasteiger partial charge >= 0.3 is 5.97 Å². The molecule has 1 saturated heterocycles. The molecule has 0 spiro atoms. The van der Waals surface area contributed by atoms with Crippen LogP contribution in [0.25, 0.3) is 10.4 Å². The number of aryl methyl sites for hydroxylation is 1. The number of carbonyl (C=O) groups excluding carboxylic acids is 3. The predicted octanol–water partition coefficient (Wildman–Crippen LogP) is 3.68. The second-order valence-electron chi connectivity index (χ2n) is 10.6. The minimum absolute atomic E-state index is 0.210. The van der Waals surface area contributed by atoms with Crippen LogP contribution in [0.1, 0.15) is 70.7 Å². The molecule has 10 heteroatoms. The molecule has 1 aromatic carbocycles. The summed E-state index contributed by atoms with van der Waals surface area (Å²) in [5, 5.41) is 14.6. The van der Waals surface area contributed by atoms with Crippen molar-refractivity contribution in [3.63, 3.8) is 0 Å². The minimum atomic E-state index is -1.08. The number of rotatable bonds is 9. The average Bonchev–Trinajstić information content (AvgIpc) is 3.49. The van der Waals surface area contributed by atoms with E-state index in [9.17, 15) is 19.2 Å². The molecule has 0 bridgehead atoms. The standard InChI is InChI=1S/C27H36N4O5S/c1-16(18-8-10-19(11-9-18)23-17(2)28-15-37-23)29-25(35)20-7-6-14-31(20)26(36)24(27(3,4)5)30-21(32)12-13-22(33)34/h8-11,15-16,20,24H,6-7,12-14H2,1-5H3,(H,29,35)(H,30,32)(H,33,34)/t16?,20-,24+/m0/s1. The van der Waals surface area contributed by atoms with Gasteiger partial charge in [-0.1, -0.05) is 45.0 Å². The lowest BCUT2D eigenvalue weighted by Crippen LogP contribution is -2.57. The number of thiazole rings is 1. The summed E-state index contributed by atoms with van der Waals surface area (Å²) in [5.74, 6) is -2.13. The number of amides is 3. The van der Waals surface area contributed by atoms with Crippen molar-refractivity contribution in [3.8, 4) is 10.4 Å². The molecule has 2 heterocycles. The van der Waals surface area contributed by atoms with Gasteiger partial charge in [-0.25, -0.2) is 4.98 Å². The lowest BCUT2D eigenvalue weighted by atomic mass is 9.85. The van der Waals surface area contributed by atoms with Crippen LogP contribution in [-0.4, -0.2) is 57.3 Å². The summed E-state index contributed by atoms with van der Waals surface area (Å²) in [5.41, 5.74) is 4.21. The number of carboxylic acid groups (broad SMARTS) is 1. The van der Waals surface area contributed by atoms with Crippen LogP contribution in [0.5, 0.6) is 0 Å². The molecule has 0 saturated carbocycles. The number of carboxylic acids is 1. The quantitative estimate of drug-likeness (QED) is 0.455. The van der Waals surface area contributed by atoms with Gasteiger partial charge in [-0.05, 0) is 43.2 Å². The SMILES string of the molecule is Cc1ncsc1-c1ccc(C(C)NC(=O)[C@@H]2CCCN2C(=O)[C@@H](NC(=O)CCC(=O)O)C(C)(C)C)cc1. The Balaban J connectivity index is 1.67. The van der Waals surface area contributed by atoms with Crippen LogP contribution in [0, 0.1) is 12.3 Å². The minimum Gasteiger partial charge on any atom is -0.481 e. The molecule has 3 atom stereocenters. The van der Waals surface area contributed by atoms with Gasteiger partial charge in [-0.2, -0.15) is 0 Å². The van der Waals surface area contributed by atoms with Crippen LogP contribution in [0.2, 0.25) is 0 Å². The molecular formula is C27H36N4O5S. The molecule has 3 rings (SSSR count). The van der Waals surface area contributed by atoms with Gasteiger partial charge < -0.3 is 20.6 Å². The number of nitrogens with zero attached hydrogens (tertiary/aromatic N) is 2. The van der Waals surface area contributed by atoms with Gasteiger partial charge in [0.15, 0.2) is 0 Å². The summed E-state index contributed by atoms with van der Waals surface area (Å²) in [4.78, 5) is 56.9. The zero-order valence-electron chi connectivity index (χ0n) is 22.0. The van der Waals surface area contributed by atoms with Crippen molar-refractivity contribution < 1.29 is 24.3 Å². The molecule has 1 fully saturated rings. The zero-order valence-corrected chi connectivity index (χ0v) is 22.9.